The summed E-state index contributed by atoms with van der Waals surface area (Å²) in [4.78, 5) is 33.2. The zero-order chi connectivity index (χ0) is 28.4. The van der Waals surface area contributed by atoms with E-state index in [-0.39, 0.29) is 11.3 Å². The van der Waals surface area contributed by atoms with E-state index in [9.17, 15) is 14.7 Å². The molecule has 10 heteroatoms. The number of carbonyl (C=O) groups excluding carboxylic acids is 2. The minimum Gasteiger partial charge on any atom is -0.507 e. The molecule has 0 aliphatic carbocycles. The van der Waals surface area contributed by atoms with Gasteiger partial charge < -0.3 is 24.1 Å². The number of thiazole rings is 1. The third-order valence-corrected chi connectivity index (χ3v) is 7.50. The smallest absolute Gasteiger partial charge is 0.301 e. The van der Waals surface area contributed by atoms with Gasteiger partial charge in [-0.05, 0) is 74.0 Å². The minimum absolute atomic E-state index is 0.0568. The monoisotopic (exact) mass is 560 g/mol. The van der Waals surface area contributed by atoms with Gasteiger partial charge >= 0.3 is 5.91 Å². The number of methoxy groups -OCH3 is 2. The Hall–Kier alpha value is -4.57. The largest absolute Gasteiger partial charge is 0.507 e. The number of benzene rings is 3. The fraction of sp³-hybridized carbons (Fsp3) is 0.233. The summed E-state index contributed by atoms with van der Waals surface area (Å²) in [6, 6.07) is 16.3. The maximum Gasteiger partial charge on any atom is 0.301 e. The van der Waals surface area contributed by atoms with Crippen molar-refractivity contribution in [3.63, 3.8) is 0 Å². The summed E-state index contributed by atoms with van der Waals surface area (Å²) >= 11 is 1.25. The average molecular weight is 561 g/mol. The lowest BCUT2D eigenvalue weighted by atomic mass is 9.95. The molecule has 0 saturated carbocycles. The predicted molar refractivity (Wildman–Crippen MR) is 153 cm³/mol. The third-order valence-electron chi connectivity index (χ3n) is 6.48. The van der Waals surface area contributed by atoms with Crippen molar-refractivity contribution in [3.8, 4) is 23.0 Å². The molecule has 1 amide bonds. The number of aliphatic hydroxyl groups excluding tert-OH is 1. The number of nitrogens with zero attached hydrogens (tertiary/aromatic N) is 2. The van der Waals surface area contributed by atoms with E-state index < -0.39 is 17.7 Å². The van der Waals surface area contributed by atoms with Crippen molar-refractivity contribution in [2.75, 3.05) is 32.3 Å². The number of ether oxygens (including phenoxy) is 4. The maximum absolute atomic E-state index is 13.6. The highest BCUT2D eigenvalue weighted by atomic mass is 32.1. The van der Waals surface area contributed by atoms with Gasteiger partial charge in [0.2, 0.25) is 0 Å². The second kappa shape index (κ2) is 11.3. The van der Waals surface area contributed by atoms with E-state index >= 15 is 0 Å². The average Bonchev–Trinajstić information content (AvgIpc) is 3.51. The molecule has 1 N–H and O–H groups in total. The summed E-state index contributed by atoms with van der Waals surface area (Å²) in [6.45, 7) is 4.54. The highest BCUT2D eigenvalue weighted by Gasteiger charge is 2.48. The van der Waals surface area contributed by atoms with Gasteiger partial charge in [0, 0.05) is 5.56 Å². The molecule has 206 valence electrons. The number of hydrogen-bond donors (Lipinski definition) is 1. The Labute approximate surface area is 235 Å². The Morgan fingerprint density at radius 3 is 2.25 bits per heavy atom. The predicted octanol–water partition coefficient (Wildman–Crippen LogP) is 5.74. The van der Waals surface area contributed by atoms with Gasteiger partial charge in [-0.25, -0.2) is 4.98 Å². The van der Waals surface area contributed by atoms with Gasteiger partial charge in [0.05, 0.1) is 49.3 Å². The number of aromatic nitrogens is 1. The molecule has 1 unspecified atom stereocenters. The van der Waals surface area contributed by atoms with Crippen molar-refractivity contribution in [1.82, 2.24) is 4.98 Å². The molecule has 40 heavy (non-hydrogen) atoms. The molecule has 9 nitrogen and oxygen atoms in total. The Morgan fingerprint density at radius 1 is 0.900 bits per heavy atom. The Balaban J connectivity index is 1.71. The number of aliphatic hydroxyl groups is 1. The number of carbonyl (C=O) groups is 2. The molecule has 1 aliphatic heterocycles. The molecule has 1 aliphatic rings. The lowest BCUT2D eigenvalue weighted by molar-refractivity contribution is -0.132. The van der Waals surface area contributed by atoms with Crippen molar-refractivity contribution in [1.29, 1.82) is 0 Å². The van der Waals surface area contributed by atoms with Crippen LogP contribution in [0.5, 0.6) is 23.0 Å². The van der Waals surface area contributed by atoms with Crippen LogP contribution in [0.2, 0.25) is 0 Å². The zero-order valence-corrected chi connectivity index (χ0v) is 23.3. The van der Waals surface area contributed by atoms with Gasteiger partial charge in [-0.1, -0.05) is 17.4 Å². The molecule has 0 radical (unpaired) electrons. The minimum atomic E-state index is -0.973. The van der Waals surface area contributed by atoms with E-state index in [4.69, 9.17) is 18.9 Å². The van der Waals surface area contributed by atoms with Crippen molar-refractivity contribution < 1.29 is 33.6 Å². The van der Waals surface area contributed by atoms with Gasteiger partial charge in [-0.2, -0.15) is 0 Å². The number of hydrogen-bond acceptors (Lipinski definition) is 9. The van der Waals surface area contributed by atoms with Gasteiger partial charge in [-0.15, -0.1) is 0 Å². The molecule has 3 aromatic carbocycles. The Bertz CT molecular complexity index is 1610. The summed E-state index contributed by atoms with van der Waals surface area (Å²) in [5.41, 5.74) is 1.52. The first-order valence-electron chi connectivity index (χ1n) is 12.7. The highest BCUT2D eigenvalue weighted by molar-refractivity contribution is 7.22. The lowest BCUT2D eigenvalue weighted by Gasteiger charge is -2.24. The molecule has 2 heterocycles. The van der Waals surface area contributed by atoms with Crippen LogP contribution in [0.1, 0.15) is 31.0 Å². The van der Waals surface area contributed by atoms with Crippen LogP contribution in [0.4, 0.5) is 5.13 Å². The number of fused-ring (bicyclic) bond motifs is 1. The van der Waals surface area contributed by atoms with E-state index in [2.05, 4.69) is 4.98 Å². The van der Waals surface area contributed by atoms with E-state index in [1.165, 1.54) is 23.3 Å². The van der Waals surface area contributed by atoms with Crippen LogP contribution in [-0.2, 0) is 9.59 Å². The van der Waals surface area contributed by atoms with E-state index in [0.29, 0.717) is 58.0 Å². The topological polar surface area (TPSA) is 107 Å². The number of anilines is 1. The summed E-state index contributed by atoms with van der Waals surface area (Å²) in [5, 5.41) is 11.8. The molecule has 0 bridgehead atoms. The standard InChI is InChI=1S/C30H28N2O7S/c1-5-38-22-14-9-18(15-23(22)39-6-2)26-25(27(33)17-7-10-19(36-3)11-8-17)28(34)29(35)32(26)30-31-21-13-12-20(37-4)16-24(21)40-30/h7-16,26,33H,5-6H2,1-4H3. The highest BCUT2D eigenvalue weighted by Crippen LogP contribution is 2.46. The summed E-state index contributed by atoms with van der Waals surface area (Å²) in [7, 11) is 3.11. The van der Waals surface area contributed by atoms with Crippen LogP contribution in [0.3, 0.4) is 0 Å². The molecule has 1 fully saturated rings. The lowest BCUT2D eigenvalue weighted by Crippen LogP contribution is -2.29. The van der Waals surface area contributed by atoms with Crippen LogP contribution < -0.4 is 23.8 Å². The Morgan fingerprint density at radius 2 is 1.57 bits per heavy atom. The van der Waals surface area contributed by atoms with Crippen LogP contribution in [0.25, 0.3) is 16.0 Å². The summed E-state index contributed by atoms with van der Waals surface area (Å²) in [5.74, 6) is 0.321. The molecule has 4 aromatic rings. The van der Waals surface area contributed by atoms with Crippen molar-refractivity contribution in [3.05, 3.63) is 77.4 Å². The summed E-state index contributed by atoms with van der Waals surface area (Å²) in [6.07, 6.45) is 0. The zero-order valence-electron chi connectivity index (χ0n) is 22.5. The number of amides is 1. The van der Waals surface area contributed by atoms with E-state index in [1.54, 1.807) is 61.7 Å². The first-order chi connectivity index (χ1) is 19.4. The molecule has 1 aromatic heterocycles. The fourth-order valence-electron chi connectivity index (χ4n) is 4.61. The first kappa shape index (κ1) is 27.0. The number of Topliss-reactive ketones (excluding diaryl/α,β-unsaturated/α-hetero) is 1. The molecule has 1 saturated heterocycles. The molecule has 1 atom stereocenters. The molecular weight excluding hydrogens is 532 g/mol. The quantitative estimate of drug-likeness (QED) is 0.157. The van der Waals surface area contributed by atoms with Crippen LogP contribution in [0, 0.1) is 0 Å². The number of ketones is 1. The normalized spacial score (nSPS) is 16.4. The SMILES string of the molecule is CCOc1ccc(C2C(=C(O)c3ccc(OC)cc3)C(=O)C(=O)N2c2nc3ccc(OC)cc3s2)cc1OCC. The third kappa shape index (κ3) is 4.82. The van der Waals surface area contributed by atoms with Crippen molar-refractivity contribution >= 4 is 44.1 Å². The second-order valence-corrected chi connectivity index (χ2v) is 9.81. The van der Waals surface area contributed by atoms with Gasteiger partial charge in [0.1, 0.15) is 17.3 Å². The van der Waals surface area contributed by atoms with E-state index in [0.717, 1.165) is 4.70 Å². The van der Waals surface area contributed by atoms with Crippen LogP contribution >= 0.6 is 11.3 Å². The first-order valence-corrected chi connectivity index (χ1v) is 13.5. The van der Waals surface area contributed by atoms with Crippen LogP contribution in [-0.4, -0.2) is 49.2 Å². The van der Waals surface area contributed by atoms with Crippen molar-refractivity contribution in [2.24, 2.45) is 0 Å². The van der Waals surface area contributed by atoms with Gasteiger partial charge in [0.15, 0.2) is 16.6 Å². The fourth-order valence-corrected chi connectivity index (χ4v) is 5.63. The molecule has 5 rings (SSSR count). The van der Waals surface area contributed by atoms with Crippen molar-refractivity contribution in [2.45, 2.75) is 19.9 Å². The van der Waals surface area contributed by atoms with Crippen LogP contribution in [0.15, 0.2) is 66.2 Å². The number of rotatable bonds is 9. The molecular formula is C30H28N2O7S. The van der Waals surface area contributed by atoms with Gasteiger partial charge in [-0.3, -0.25) is 14.5 Å². The molecule has 0 spiro atoms. The maximum atomic E-state index is 13.6. The summed E-state index contributed by atoms with van der Waals surface area (Å²) < 4.78 is 22.9. The second-order valence-electron chi connectivity index (χ2n) is 8.80. The Kier molecular flexibility index (Phi) is 7.61. The van der Waals surface area contributed by atoms with E-state index in [1.807, 2.05) is 19.9 Å². The van der Waals surface area contributed by atoms with Gasteiger partial charge in [0.25, 0.3) is 5.78 Å².